The number of nitrogens with two attached hydrogens (primary N) is 1. The molecule has 3 aromatic rings. The molecular weight excluding hydrogens is 312 g/mol. The summed E-state index contributed by atoms with van der Waals surface area (Å²) < 4.78 is 5.42. The Labute approximate surface area is 147 Å². The zero-order valence-corrected chi connectivity index (χ0v) is 14.1. The van der Waals surface area contributed by atoms with E-state index in [-0.39, 0.29) is 0 Å². The number of fused-ring (bicyclic) bond motifs is 2. The summed E-state index contributed by atoms with van der Waals surface area (Å²) in [6.07, 6.45) is 14.4. The van der Waals surface area contributed by atoms with Crippen molar-refractivity contribution in [3.63, 3.8) is 0 Å². The molecule has 0 spiro atoms. The van der Waals surface area contributed by atoms with Gasteiger partial charge >= 0.3 is 0 Å². The second-order valence-electron chi connectivity index (χ2n) is 6.08. The van der Waals surface area contributed by atoms with Crippen molar-refractivity contribution in [2.75, 3.05) is 12.3 Å². The zero-order valence-electron chi connectivity index (χ0n) is 14.1. The third kappa shape index (κ3) is 3.92. The van der Waals surface area contributed by atoms with E-state index in [1.165, 1.54) is 36.8 Å². The van der Waals surface area contributed by atoms with Crippen LogP contribution in [0, 0.1) is 12.8 Å². The van der Waals surface area contributed by atoms with Gasteiger partial charge in [0.2, 0.25) is 0 Å². The SMILES string of the molecule is C#C.Nc1ncnc2[nH]c(C3CC3)cc12.c1ccc2c(c1)CCCO2. The number of hydrogen-bond acceptors (Lipinski definition) is 4. The van der Waals surface area contributed by atoms with E-state index in [0.717, 1.165) is 29.8 Å². The molecular formula is C20H22N4O. The van der Waals surface area contributed by atoms with Crippen molar-refractivity contribution in [1.29, 1.82) is 0 Å². The molecule has 5 nitrogen and oxygen atoms in total. The van der Waals surface area contributed by atoms with Gasteiger partial charge in [-0.25, -0.2) is 9.97 Å². The maximum absolute atomic E-state index is 5.72. The van der Waals surface area contributed by atoms with Crippen molar-refractivity contribution < 1.29 is 4.74 Å². The van der Waals surface area contributed by atoms with Gasteiger partial charge in [-0.2, -0.15) is 0 Å². The molecule has 5 rings (SSSR count). The Morgan fingerprint density at radius 1 is 1.16 bits per heavy atom. The summed E-state index contributed by atoms with van der Waals surface area (Å²) in [4.78, 5) is 11.3. The lowest BCUT2D eigenvalue weighted by Crippen LogP contribution is -2.07. The fraction of sp³-hybridized carbons (Fsp3) is 0.300. The van der Waals surface area contributed by atoms with Crippen LogP contribution in [-0.2, 0) is 6.42 Å². The first-order chi connectivity index (χ1) is 12.3. The summed E-state index contributed by atoms with van der Waals surface area (Å²) in [5, 5.41) is 0.949. The van der Waals surface area contributed by atoms with Gasteiger partial charge in [0.1, 0.15) is 23.5 Å². The van der Waals surface area contributed by atoms with Crippen LogP contribution in [0.2, 0.25) is 0 Å². The maximum Gasteiger partial charge on any atom is 0.143 e. The molecule has 1 aliphatic heterocycles. The van der Waals surface area contributed by atoms with Gasteiger partial charge in [-0.05, 0) is 49.3 Å². The van der Waals surface area contributed by atoms with Crippen molar-refractivity contribution in [2.45, 2.75) is 31.6 Å². The second kappa shape index (κ2) is 7.71. The highest BCUT2D eigenvalue weighted by atomic mass is 16.5. The van der Waals surface area contributed by atoms with Crippen LogP contribution < -0.4 is 10.5 Å². The number of ether oxygens (including phenoxy) is 1. The number of rotatable bonds is 1. The number of hydrogen-bond donors (Lipinski definition) is 2. The predicted molar refractivity (Wildman–Crippen MR) is 100 cm³/mol. The van der Waals surface area contributed by atoms with Gasteiger partial charge in [-0.1, -0.05) is 18.2 Å². The monoisotopic (exact) mass is 334 g/mol. The summed E-state index contributed by atoms with van der Waals surface area (Å²) in [7, 11) is 0. The summed E-state index contributed by atoms with van der Waals surface area (Å²) in [5.41, 5.74) is 9.18. The number of benzene rings is 1. The topological polar surface area (TPSA) is 76.8 Å². The predicted octanol–water partition coefficient (Wildman–Crippen LogP) is 3.68. The van der Waals surface area contributed by atoms with E-state index in [0.29, 0.717) is 11.7 Å². The van der Waals surface area contributed by atoms with Crippen LogP contribution in [-0.4, -0.2) is 21.6 Å². The minimum Gasteiger partial charge on any atom is -0.493 e. The van der Waals surface area contributed by atoms with Gasteiger partial charge in [0.15, 0.2) is 0 Å². The Morgan fingerprint density at radius 2 is 1.96 bits per heavy atom. The number of aromatic amines is 1. The minimum absolute atomic E-state index is 0.563. The van der Waals surface area contributed by atoms with E-state index in [2.05, 4.69) is 46.0 Å². The first-order valence-corrected chi connectivity index (χ1v) is 8.44. The fourth-order valence-electron chi connectivity index (χ4n) is 2.89. The Balaban J connectivity index is 0.000000137. The first-order valence-electron chi connectivity index (χ1n) is 8.44. The van der Waals surface area contributed by atoms with Gasteiger partial charge in [-0.3, -0.25) is 0 Å². The number of para-hydroxylation sites is 1. The molecule has 5 heteroatoms. The maximum atomic E-state index is 5.72. The quantitative estimate of drug-likeness (QED) is 0.666. The Kier molecular flexibility index (Phi) is 5.20. The van der Waals surface area contributed by atoms with Gasteiger partial charge in [0.05, 0.1) is 12.0 Å². The van der Waals surface area contributed by atoms with Crippen LogP contribution >= 0.6 is 0 Å². The van der Waals surface area contributed by atoms with Gasteiger partial charge in [0, 0.05) is 5.69 Å². The van der Waals surface area contributed by atoms with Crippen LogP contribution in [0.5, 0.6) is 5.75 Å². The second-order valence-corrected chi connectivity index (χ2v) is 6.08. The lowest BCUT2D eigenvalue weighted by molar-refractivity contribution is 0.288. The highest BCUT2D eigenvalue weighted by Gasteiger charge is 2.25. The largest absolute Gasteiger partial charge is 0.493 e. The standard InChI is InChI=1S/C9H10N4.C9H10O.C2H2/c10-8-6-3-7(5-1-2-5)13-9(6)12-4-11-8;1-2-6-9-8(4-1)5-3-7-10-9;1-2/h3-5H,1-2H2,(H3,10,11,12,13);1-2,4,6H,3,5,7H2;1-2H. The number of nitrogen functional groups attached to an aromatic ring is 1. The van der Waals surface area contributed by atoms with Crippen LogP contribution in [0.1, 0.15) is 36.4 Å². The Bertz CT molecular complexity index is 839. The summed E-state index contributed by atoms with van der Waals surface area (Å²) in [5.74, 6) is 2.34. The molecule has 1 saturated carbocycles. The molecule has 0 atom stereocenters. The molecule has 0 unspecified atom stereocenters. The Morgan fingerprint density at radius 3 is 2.68 bits per heavy atom. The van der Waals surface area contributed by atoms with E-state index >= 15 is 0 Å². The Hall–Kier alpha value is -3.00. The lowest BCUT2D eigenvalue weighted by Gasteiger charge is -2.15. The molecule has 1 aliphatic carbocycles. The summed E-state index contributed by atoms with van der Waals surface area (Å²) >= 11 is 0. The molecule has 3 N–H and O–H groups in total. The highest BCUT2D eigenvalue weighted by molar-refractivity contribution is 5.86. The van der Waals surface area contributed by atoms with E-state index in [1.54, 1.807) is 0 Å². The molecule has 0 bridgehead atoms. The zero-order chi connectivity index (χ0) is 17.6. The van der Waals surface area contributed by atoms with Crippen LogP contribution in [0.15, 0.2) is 36.7 Å². The molecule has 1 fully saturated rings. The van der Waals surface area contributed by atoms with Crippen LogP contribution in [0.4, 0.5) is 5.82 Å². The van der Waals surface area contributed by atoms with E-state index in [4.69, 9.17) is 10.5 Å². The van der Waals surface area contributed by atoms with Gasteiger partial charge in [0.25, 0.3) is 0 Å². The number of aromatic nitrogens is 3. The number of nitrogens with one attached hydrogen (secondary N) is 1. The van der Waals surface area contributed by atoms with Crippen LogP contribution in [0.3, 0.4) is 0 Å². The average Bonchev–Trinajstić information content (AvgIpc) is 3.43. The molecule has 128 valence electrons. The highest BCUT2D eigenvalue weighted by Crippen LogP contribution is 2.40. The van der Waals surface area contributed by atoms with Crippen molar-refractivity contribution in [2.24, 2.45) is 0 Å². The number of anilines is 1. The fourth-order valence-corrected chi connectivity index (χ4v) is 2.89. The first kappa shape index (κ1) is 16.8. The van der Waals surface area contributed by atoms with Crippen molar-refractivity contribution in [3.05, 3.63) is 47.9 Å². The smallest absolute Gasteiger partial charge is 0.143 e. The average molecular weight is 334 g/mol. The third-order valence-electron chi connectivity index (χ3n) is 4.32. The van der Waals surface area contributed by atoms with Gasteiger partial charge < -0.3 is 15.5 Å². The molecule has 3 heterocycles. The number of terminal acetylenes is 1. The summed E-state index contributed by atoms with van der Waals surface area (Å²) in [6, 6.07) is 10.3. The van der Waals surface area contributed by atoms with Crippen LogP contribution in [0.25, 0.3) is 11.0 Å². The van der Waals surface area contributed by atoms with E-state index in [9.17, 15) is 0 Å². The minimum atomic E-state index is 0.563. The molecule has 2 aromatic heterocycles. The number of H-pyrrole nitrogens is 1. The molecule has 0 saturated heterocycles. The molecule has 0 amide bonds. The molecule has 2 aliphatic rings. The molecule has 1 aromatic carbocycles. The van der Waals surface area contributed by atoms with Crippen molar-refractivity contribution >= 4 is 16.9 Å². The van der Waals surface area contributed by atoms with Crippen molar-refractivity contribution in [1.82, 2.24) is 15.0 Å². The van der Waals surface area contributed by atoms with Crippen molar-refractivity contribution in [3.8, 4) is 18.6 Å². The normalized spacial score (nSPS) is 15.0. The van der Waals surface area contributed by atoms with E-state index < -0.39 is 0 Å². The van der Waals surface area contributed by atoms with Gasteiger partial charge in [-0.15, -0.1) is 12.8 Å². The molecule has 25 heavy (non-hydrogen) atoms. The van der Waals surface area contributed by atoms with E-state index in [1.807, 2.05) is 12.1 Å². The number of aryl methyl sites for hydroxylation is 1. The lowest BCUT2D eigenvalue weighted by atomic mass is 10.1. The summed E-state index contributed by atoms with van der Waals surface area (Å²) in [6.45, 7) is 0.886. The third-order valence-corrected chi connectivity index (χ3v) is 4.32. The number of nitrogens with zero attached hydrogens (tertiary/aromatic N) is 2. The molecule has 0 radical (unpaired) electrons.